The van der Waals surface area contributed by atoms with E-state index in [1.807, 2.05) is 18.2 Å². The summed E-state index contributed by atoms with van der Waals surface area (Å²) in [5.41, 5.74) is 1.03. The van der Waals surface area contributed by atoms with Crippen LogP contribution in [-0.4, -0.2) is 27.6 Å². The largest absolute Gasteiger partial charge is 0.477 e. The van der Waals surface area contributed by atoms with Crippen LogP contribution in [0.25, 0.3) is 0 Å². The molecule has 0 aromatic carbocycles. The molecule has 2 aromatic rings. The maximum atomic E-state index is 10.7. The van der Waals surface area contributed by atoms with Gasteiger partial charge in [-0.2, -0.15) is 0 Å². The minimum absolute atomic E-state index is 0.0397. The van der Waals surface area contributed by atoms with E-state index in [1.165, 1.54) is 6.07 Å². The van der Waals surface area contributed by atoms with E-state index in [1.54, 1.807) is 18.3 Å². The van der Waals surface area contributed by atoms with E-state index in [0.29, 0.717) is 12.4 Å². The van der Waals surface area contributed by atoms with Crippen LogP contribution in [0, 0.1) is 0 Å². The third-order valence-corrected chi connectivity index (χ3v) is 2.38. The van der Waals surface area contributed by atoms with E-state index in [-0.39, 0.29) is 5.69 Å². The molecule has 5 nitrogen and oxygen atoms in total. The van der Waals surface area contributed by atoms with Crippen molar-refractivity contribution in [3.8, 4) is 0 Å². The molecule has 2 rings (SSSR count). The predicted molar refractivity (Wildman–Crippen MR) is 67.6 cm³/mol. The Morgan fingerprint density at radius 3 is 2.83 bits per heavy atom. The molecule has 2 N–H and O–H groups in total. The molecule has 2 heterocycles. The molecule has 0 aliphatic rings. The lowest BCUT2D eigenvalue weighted by Gasteiger charge is -2.05. The lowest BCUT2D eigenvalue weighted by Crippen LogP contribution is -2.09. The summed E-state index contributed by atoms with van der Waals surface area (Å²) in [5.74, 6) is -0.464. The third-order valence-electron chi connectivity index (χ3n) is 2.38. The van der Waals surface area contributed by atoms with Crippen molar-refractivity contribution in [2.75, 3.05) is 11.9 Å². The van der Waals surface area contributed by atoms with Gasteiger partial charge in [-0.25, -0.2) is 9.78 Å². The zero-order valence-electron chi connectivity index (χ0n) is 9.71. The molecule has 5 heteroatoms. The van der Waals surface area contributed by atoms with Crippen molar-refractivity contribution in [2.24, 2.45) is 0 Å². The number of carbonyl (C=O) groups is 1. The van der Waals surface area contributed by atoms with Crippen molar-refractivity contribution >= 4 is 11.8 Å². The number of hydrogen-bond donors (Lipinski definition) is 2. The van der Waals surface area contributed by atoms with E-state index in [2.05, 4.69) is 15.3 Å². The van der Waals surface area contributed by atoms with Crippen molar-refractivity contribution < 1.29 is 9.90 Å². The normalized spacial score (nSPS) is 10.0. The molecule has 0 saturated heterocycles. The van der Waals surface area contributed by atoms with Crippen LogP contribution >= 0.6 is 0 Å². The lowest BCUT2D eigenvalue weighted by molar-refractivity contribution is 0.0690. The molecule has 92 valence electrons. The first kappa shape index (κ1) is 12.0. The lowest BCUT2D eigenvalue weighted by atomic mass is 10.2. The van der Waals surface area contributed by atoms with E-state index in [9.17, 15) is 4.79 Å². The van der Waals surface area contributed by atoms with Gasteiger partial charge < -0.3 is 10.4 Å². The number of aromatic nitrogens is 2. The molecule has 0 radical (unpaired) electrons. The smallest absolute Gasteiger partial charge is 0.354 e. The molecule has 0 atom stereocenters. The second-order valence-electron chi connectivity index (χ2n) is 3.71. The Hall–Kier alpha value is -2.43. The van der Waals surface area contributed by atoms with E-state index in [4.69, 9.17) is 5.11 Å². The van der Waals surface area contributed by atoms with Crippen molar-refractivity contribution in [3.05, 3.63) is 54.0 Å². The minimum Gasteiger partial charge on any atom is -0.477 e. The van der Waals surface area contributed by atoms with Gasteiger partial charge in [0, 0.05) is 24.9 Å². The average Bonchev–Trinajstić information content (AvgIpc) is 2.40. The molecule has 2 aromatic heterocycles. The average molecular weight is 243 g/mol. The highest BCUT2D eigenvalue weighted by Gasteiger charge is 2.04. The molecular formula is C13H13N3O2. The first-order valence-electron chi connectivity index (χ1n) is 5.60. The van der Waals surface area contributed by atoms with E-state index in [0.717, 1.165) is 12.1 Å². The van der Waals surface area contributed by atoms with E-state index < -0.39 is 5.97 Å². The van der Waals surface area contributed by atoms with Gasteiger partial charge in [0.1, 0.15) is 5.82 Å². The fourth-order valence-electron chi connectivity index (χ4n) is 1.52. The Morgan fingerprint density at radius 2 is 2.11 bits per heavy atom. The summed E-state index contributed by atoms with van der Waals surface area (Å²) in [4.78, 5) is 18.9. The van der Waals surface area contributed by atoms with Gasteiger partial charge in [0.15, 0.2) is 5.69 Å². The highest BCUT2D eigenvalue weighted by molar-refractivity contribution is 5.85. The molecule has 0 fully saturated rings. The number of hydrogen-bond acceptors (Lipinski definition) is 4. The fraction of sp³-hybridized carbons (Fsp3) is 0.154. The standard InChI is InChI=1S/C13H13N3O2/c17-13(18)11-5-3-6-12(16-11)15-9-7-10-4-1-2-8-14-10/h1-6,8H,7,9H2,(H,15,16)(H,17,18). The maximum Gasteiger partial charge on any atom is 0.354 e. The van der Waals surface area contributed by atoms with Crippen LogP contribution < -0.4 is 5.32 Å². The summed E-state index contributed by atoms with van der Waals surface area (Å²) < 4.78 is 0. The van der Waals surface area contributed by atoms with Gasteiger partial charge in [0.2, 0.25) is 0 Å². The highest BCUT2D eigenvalue weighted by Crippen LogP contribution is 2.05. The Kier molecular flexibility index (Phi) is 3.86. The van der Waals surface area contributed by atoms with Crippen LogP contribution in [0.2, 0.25) is 0 Å². The molecule has 0 bridgehead atoms. The van der Waals surface area contributed by atoms with Gasteiger partial charge in [-0.1, -0.05) is 12.1 Å². The number of carboxylic acids is 1. The quantitative estimate of drug-likeness (QED) is 0.838. The van der Waals surface area contributed by atoms with Crippen molar-refractivity contribution in [2.45, 2.75) is 6.42 Å². The van der Waals surface area contributed by atoms with Crippen LogP contribution in [-0.2, 0) is 6.42 Å². The van der Waals surface area contributed by atoms with Gasteiger partial charge in [-0.15, -0.1) is 0 Å². The molecule has 0 amide bonds. The van der Waals surface area contributed by atoms with E-state index >= 15 is 0 Å². The SMILES string of the molecule is O=C(O)c1cccc(NCCc2ccccn2)n1. The number of nitrogens with zero attached hydrogens (tertiary/aromatic N) is 2. The van der Waals surface area contributed by atoms with Crippen molar-refractivity contribution in [1.29, 1.82) is 0 Å². The van der Waals surface area contributed by atoms with Gasteiger partial charge in [-0.05, 0) is 24.3 Å². The van der Waals surface area contributed by atoms with Crippen molar-refractivity contribution in [3.63, 3.8) is 0 Å². The number of pyridine rings is 2. The Bertz CT molecular complexity index is 529. The number of carboxylic acid groups (broad SMARTS) is 1. The highest BCUT2D eigenvalue weighted by atomic mass is 16.4. The molecule has 0 aliphatic carbocycles. The number of rotatable bonds is 5. The van der Waals surface area contributed by atoms with Gasteiger partial charge in [0.05, 0.1) is 0 Å². The van der Waals surface area contributed by atoms with Crippen LogP contribution in [0.5, 0.6) is 0 Å². The summed E-state index contributed by atoms with van der Waals surface area (Å²) >= 11 is 0. The zero-order chi connectivity index (χ0) is 12.8. The first-order valence-corrected chi connectivity index (χ1v) is 5.60. The minimum atomic E-state index is -1.02. The number of anilines is 1. The Balaban J connectivity index is 1.90. The first-order chi connectivity index (χ1) is 8.75. The summed E-state index contributed by atoms with van der Waals surface area (Å²) in [6, 6.07) is 10.6. The molecule has 0 spiro atoms. The molecular weight excluding hydrogens is 230 g/mol. The van der Waals surface area contributed by atoms with Gasteiger partial charge >= 0.3 is 5.97 Å². The second-order valence-corrected chi connectivity index (χ2v) is 3.71. The molecule has 0 unspecified atom stereocenters. The fourth-order valence-corrected chi connectivity index (χ4v) is 1.52. The van der Waals surface area contributed by atoms with Crippen LogP contribution in [0.4, 0.5) is 5.82 Å². The van der Waals surface area contributed by atoms with Crippen LogP contribution in [0.1, 0.15) is 16.2 Å². The Morgan fingerprint density at radius 1 is 1.22 bits per heavy atom. The van der Waals surface area contributed by atoms with Crippen LogP contribution in [0.15, 0.2) is 42.6 Å². The summed E-state index contributed by atoms with van der Waals surface area (Å²) in [7, 11) is 0. The third kappa shape index (κ3) is 3.28. The molecule has 0 aliphatic heterocycles. The number of nitrogens with one attached hydrogen (secondary N) is 1. The van der Waals surface area contributed by atoms with Gasteiger partial charge in [0.25, 0.3) is 0 Å². The number of aromatic carboxylic acids is 1. The van der Waals surface area contributed by atoms with Crippen molar-refractivity contribution in [1.82, 2.24) is 9.97 Å². The molecule has 18 heavy (non-hydrogen) atoms. The Labute approximate surface area is 105 Å². The second kappa shape index (κ2) is 5.77. The zero-order valence-corrected chi connectivity index (χ0v) is 9.71. The van der Waals surface area contributed by atoms with Crippen LogP contribution in [0.3, 0.4) is 0 Å². The monoisotopic (exact) mass is 243 g/mol. The molecule has 0 saturated carbocycles. The topological polar surface area (TPSA) is 75.1 Å². The summed E-state index contributed by atoms with van der Waals surface area (Å²) in [6.45, 7) is 0.660. The van der Waals surface area contributed by atoms with Gasteiger partial charge in [-0.3, -0.25) is 4.98 Å². The predicted octanol–water partition coefficient (Wildman–Crippen LogP) is 1.83. The summed E-state index contributed by atoms with van der Waals surface area (Å²) in [5, 5.41) is 11.9. The summed E-state index contributed by atoms with van der Waals surface area (Å²) in [6.07, 6.45) is 2.51. The maximum absolute atomic E-state index is 10.7.